The number of thiophene rings is 1. The van der Waals surface area contributed by atoms with Crippen molar-refractivity contribution in [3.8, 4) is 27.9 Å². The fraction of sp³-hybridized carbons (Fsp3) is 0.435. The van der Waals surface area contributed by atoms with Crippen LogP contribution in [0.5, 0.6) is 5.75 Å². The number of aromatic nitrogens is 2. The van der Waals surface area contributed by atoms with Crippen LogP contribution in [-0.2, 0) is 17.6 Å². The lowest BCUT2D eigenvalue weighted by atomic mass is 10.0. The van der Waals surface area contributed by atoms with Gasteiger partial charge in [-0.05, 0) is 55.2 Å². The van der Waals surface area contributed by atoms with Crippen molar-refractivity contribution in [2.45, 2.75) is 46.1 Å². The molecule has 0 aliphatic carbocycles. The van der Waals surface area contributed by atoms with Crippen molar-refractivity contribution in [1.29, 1.82) is 0 Å². The van der Waals surface area contributed by atoms with Crippen LogP contribution in [0.25, 0.3) is 22.2 Å². The molecular formula is C23H29N3O5S. The summed E-state index contributed by atoms with van der Waals surface area (Å²) in [7, 11) is 0. The standard InChI is InChI=1S/C23H29N3O5S/c1-4-6-18-7-8-19(32-18)23-25-22(26-31-23)16-9-14(3)21(15(5-2)10-16)30-13-17(28)11-24-20(29)12-27/h7-10,17,27-28H,4-6,11-13H2,1-3H3,(H,24,29). The highest BCUT2D eigenvalue weighted by atomic mass is 32.1. The number of aliphatic hydroxyl groups is 2. The third-order valence-corrected chi connectivity index (χ3v) is 6.02. The van der Waals surface area contributed by atoms with E-state index in [2.05, 4.69) is 28.4 Å². The molecule has 1 unspecified atom stereocenters. The van der Waals surface area contributed by atoms with Gasteiger partial charge in [-0.1, -0.05) is 25.4 Å². The summed E-state index contributed by atoms with van der Waals surface area (Å²) in [5.41, 5.74) is 2.68. The molecule has 0 fully saturated rings. The van der Waals surface area contributed by atoms with Crippen LogP contribution in [0.1, 0.15) is 36.3 Å². The van der Waals surface area contributed by atoms with Crippen LogP contribution < -0.4 is 10.1 Å². The molecule has 0 saturated carbocycles. The maximum absolute atomic E-state index is 11.1. The first-order chi connectivity index (χ1) is 15.4. The number of amides is 1. The van der Waals surface area contributed by atoms with Gasteiger partial charge in [0.25, 0.3) is 5.89 Å². The lowest BCUT2D eigenvalue weighted by Crippen LogP contribution is -2.36. The molecule has 9 heteroatoms. The SMILES string of the molecule is CCCc1ccc(-c2nc(-c3cc(C)c(OCC(O)CNC(=O)CO)c(CC)c3)no2)s1. The summed E-state index contributed by atoms with van der Waals surface area (Å²) < 4.78 is 11.4. The van der Waals surface area contributed by atoms with Gasteiger partial charge in [0.1, 0.15) is 25.1 Å². The highest BCUT2D eigenvalue weighted by Gasteiger charge is 2.17. The van der Waals surface area contributed by atoms with Crippen LogP contribution in [0.15, 0.2) is 28.8 Å². The Hall–Kier alpha value is -2.75. The second-order valence-corrected chi connectivity index (χ2v) is 8.67. The highest BCUT2D eigenvalue weighted by molar-refractivity contribution is 7.15. The van der Waals surface area contributed by atoms with E-state index in [-0.39, 0.29) is 13.2 Å². The molecule has 3 rings (SSSR count). The molecule has 3 aromatic rings. The quantitative estimate of drug-likeness (QED) is 0.403. The van der Waals surface area contributed by atoms with Crippen LogP contribution in [0.3, 0.4) is 0 Å². The van der Waals surface area contributed by atoms with Crippen molar-refractivity contribution < 1.29 is 24.3 Å². The van der Waals surface area contributed by atoms with Crippen molar-refractivity contribution >= 4 is 17.2 Å². The Kier molecular flexibility index (Phi) is 8.38. The molecule has 1 amide bonds. The van der Waals surface area contributed by atoms with Crippen molar-refractivity contribution in [2.24, 2.45) is 0 Å². The first-order valence-corrected chi connectivity index (χ1v) is 11.5. The number of rotatable bonds is 11. The topological polar surface area (TPSA) is 118 Å². The van der Waals surface area contributed by atoms with E-state index in [1.807, 2.05) is 32.0 Å². The molecule has 172 valence electrons. The predicted octanol–water partition coefficient (Wildman–Crippen LogP) is 3.14. The number of benzene rings is 1. The Morgan fingerprint density at radius 2 is 2.12 bits per heavy atom. The number of ether oxygens (including phenoxy) is 1. The van der Waals surface area contributed by atoms with Crippen molar-refractivity contribution in [3.05, 3.63) is 40.3 Å². The van der Waals surface area contributed by atoms with Gasteiger partial charge < -0.3 is 24.8 Å². The van der Waals surface area contributed by atoms with Gasteiger partial charge in [-0.3, -0.25) is 4.79 Å². The number of nitrogens with one attached hydrogen (secondary N) is 1. The second-order valence-electron chi connectivity index (χ2n) is 7.50. The van der Waals surface area contributed by atoms with E-state index in [9.17, 15) is 9.90 Å². The zero-order chi connectivity index (χ0) is 23.1. The Bertz CT molecular complexity index is 1050. The van der Waals surface area contributed by atoms with Crippen LogP contribution in [-0.4, -0.2) is 52.1 Å². The first kappa shape index (κ1) is 23.9. The maximum Gasteiger partial charge on any atom is 0.268 e. The van der Waals surface area contributed by atoms with Gasteiger partial charge in [-0.25, -0.2) is 0 Å². The van der Waals surface area contributed by atoms with E-state index in [4.69, 9.17) is 14.4 Å². The average Bonchev–Trinajstić information content (AvgIpc) is 3.46. The van der Waals surface area contributed by atoms with Gasteiger partial charge >= 0.3 is 0 Å². The fourth-order valence-corrected chi connectivity index (χ4v) is 4.32. The molecule has 2 aromatic heterocycles. The smallest absolute Gasteiger partial charge is 0.268 e. The lowest BCUT2D eigenvalue weighted by Gasteiger charge is -2.17. The number of aliphatic hydroxyl groups excluding tert-OH is 2. The molecule has 3 N–H and O–H groups in total. The van der Waals surface area contributed by atoms with E-state index in [1.165, 1.54) is 4.88 Å². The molecule has 0 saturated heterocycles. The van der Waals surface area contributed by atoms with E-state index in [0.717, 1.165) is 40.8 Å². The maximum atomic E-state index is 11.1. The van der Waals surface area contributed by atoms with Crippen LogP contribution in [0.2, 0.25) is 0 Å². The molecule has 1 atom stereocenters. The number of hydrogen-bond acceptors (Lipinski definition) is 8. The van der Waals surface area contributed by atoms with Crippen LogP contribution in [0.4, 0.5) is 0 Å². The number of carbonyl (C=O) groups is 1. The van der Waals surface area contributed by atoms with Gasteiger partial charge in [0, 0.05) is 17.0 Å². The molecule has 0 aliphatic heterocycles. The summed E-state index contributed by atoms with van der Waals surface area (Å²) in [6.45, 7) is 5.51. The molecule has 0 bridgehead atoms. The van der Waals surface area contributed by atoms with Crippen molar-refractivity contribution in [3.63, 3.8) is 0 Å². The third kappa shape index (κ3) is 5.93. The van der Waals surface area contributed by atoms with Gasteiger partial charge in [0.2, 0.25) is 11.7 Å². The minimum atomic E-state index is -0.891. The molecule has 32 heavy (non-hydrogen) atoms. The van der Waals surface area contributed by atoms with Crippen LogP contribution >= 0.6 is 11.3 Å². The van der Waals surface area contributed by atoms with Crippen molar-refractivity contribution in [1.82, 2.24) is 15.5 Å². The minimum absolute atomic E-state index is 0.00626. The van der Waals surface area contributed by atoms with E-state index in [0.29, 0.717) is 17.5 Å². The van der Waals surface area contributed by atoms with E-state index in [1.54, 1.807) is 11.3 Å². The van der Waals surface area contributed by atoms with Gasteiger partial charge in [0.05, 0.1) is 4.88 Å². The van der Waals surface area contributed by atoms with Gasteiger partial charge in [-0.15, -0.1) is 11.3 Å². The molecule has 2 heterocycles. The zero-order valence-electron chi connectivity index (χ0n) is 18.6. The zero-order valence-corrected chi connectivity index (χ0v) is 19.4. The fourth-order valence-electron chi connectivity index (χ4n) is 3.29. The number of hydrogen-bond donors (Lipinski definition) is 3. The molecule has 0 aliphatic rings. The summed E-state index contributed by atoms with van der Waals surface area (Å²) in [4.78, 5) is 18.0. The molecule has 0 spiro atoms. The highest BCUT2D eigenvalue weighted by Crippen LogP contribution is 2.33. The van der Waals surface area contributed by atoms with E-state index < -0.39 is 18.6 Å². The number of carbonyl (C=O) groups excluding carboxylic acids is 1. The van der Waals surface area contributed by atoms with Crippen molar-refractivity contribution in [2.75, 3.05) is 19.8 Å². The summed E-state index contributed by atoms with van der Waals surface area (Å²) in [6, 6.07) is 8.01. The van der Waals surface area contributed by atoms with Gasteiger partial charge in [0.15, 0.2) is 0 Å². The Balaban J connectivity index is 1.73. The van der Waals surface area contributed by atoms with E-state index >= 15 is 0 Å². The minimum Gasteiger partial charge on any atom is -0.490 e. The Morgan fingerprint density at radius 3 is 2.84 bits per heavy atom. The molecule has 8 nitrogen and oxygen atoms in total. The van der Waals surface area contributed by atoms with Crippen LogP contribution in [0, 0.1) is 6.92 Å². The molecule has 1 aromatic carbocycles. The first-order valence-electron chi connectivity index (χ1n) is 10.7. The number of aryl methyl sites for hydroxylation is 3. The summed E-state index contributed by atoms with van der Waals surface area (Å²) >= 11 is 1.67. The summed E-state index contributed by atoms with van der Waals surface area (Å²) in [5.74, 6) is 1.18. The average molecular weight is 460 g/mol. The molecular weight excluding hydrogens is 430 g/mol. The Labute approximate surface area is 191 Å². The largest absolute Gasteiger partial charge is 0.490 e. The molecule has 0 radical (unpaired) electrons. The summed E-state index contributed by atoms with van der Waals surface area (Å²) in [5, 5.41) is 25.4. The summed E-state index contributed by atoms with van der Waals surface area (Å²) in [6.07, 6.45) is 1.96. The monoisotopic (exact) mass is 459 g/mol. The predicted molar refractivity (Wildman–Crippen MR) is 123 cm³/mol. The Morgan fingerprint density at radius 1 is 1.31 bits per heavy atom. The number of nitrogens with zero attached hydrogens (tertiary/aromatic N) is 2. The second kappa shape index (κ2) is 11.2. The lowest BCUT2D eigenvalue weighted by molar-refractivity contribution is -0.124. The van der Waals surface area contributed by atoms with Gasteiger partial charge in [-0.2, -0.15) is 4.98 Å². The third-order valence-electron chi connectivity index (χ3n) is 4.88. The normalized spacial score (nSPS) is 12.0.